The van der Waals surface area contributed by atoms with Gasteiger partial charge in [-0.1, -0.05) is 0 Å². The first kappa shape index (κ1) is 9.04. The number of benzene rings is 1. The van der Waals surface area contributed by atoms with Gasteiger partial charge in [0.05, 0.1) is 0 Å². The first-order valence-electron chi connectivity index (χ1n) is 3.42. The van der Waals surface area contributed by atoms with Gasteiger partial charge in [0.25, 0.3) is 0 Å². The van der Waals surface area contributed by atoms with E-state index in [1.165, 1.54) is 0 Å². The summed E-state index contributed by atoms with van der Waals surface area (Å²) in [5.74, 6) is -0.404. The molecule has 0 heterocycles. The molecule has 1 aromatic rings. The van der Waals surface area contributed by atoms with Crippen molar-refractivity contribution in [3.63, 3.8) is 0 Å². The zero-order valence-corrected chi connectivity index (χ0v) is 8.20. The molecule has 0 atom stereocenters. The minimum atomic E-state index is -0.404. The van der Waals surface area contributed by atoms with Crippen molar-refractivity contribution in [3.8, 4) is 0 Å². The van der Waals surface area contributed by atoms with Crippen LogP contribution in [0, 0.1) is 0 Å². The molecule has 12 heavy (non-hydrogen) atoms. The Kier molecular flexibility index (Phi) is 3.09. The maximum atomic E-state index is 10.6. The van der Waals surface area contributed by atoms with E-state index in [0.717, 1.165) is 4.46 Å². The molecule has 0 unspecified atom stereocenters. The Hall–Kier alpha value is -1.05. The Balaban J connectivity index is 2.65. The Labute approximate surface area is 77.6 Å². The molecule has 62 valence electrons. The summed E-state index contributed by atoms with van der Waals surface area (Å²) in [7, 11) is 0. The minimum absolute atomic E-state index is 0.0207. The van der Waals surface area contributed by atoms with E-state index in [0.29, 0.717) is 4.47 Å². The van der Waals surface area contributed by atoms with Crippen molar-refractivity contribution in [2.45, 2.75) is 0 Å². The second-order valence-electron chi connectivity index (χ2n) is 2.20. The van der Waals surface area contributed by atoms with Gasteiger partial charge in [-0.2, -0.15) is 0 Å². The van der Waals surface area contributed by atoms with Crippen LogP contribution in [0.15, 0.2) is 41.4 Å². The third kappa shape index (κ3) is 2.53. The molecule has 1 aromatic carbocycles. The monoisotopic (exact) mass is 227 g/mol. The van der Waals surface area contributed by atoms with Gasteiger partial charge in [0, 0.05) is 0 Å². The summed E-state index contributed by atoms with van der Waals surface area (Å²) in [5, 5.41) is 0. The summed E-state index contributed by atoms with van der Waals surface area (Å²) < 4.78 is 1.63. The number of amides is 1. The zero-order chi connectivity index (χ0) is 8.97. The molecule has 0 bridgehead atoms. The fraction of sp³-hybridized carbons (Fsp3) is 0. The second kappa shape index (κ2) is 4.10. The first-order valence-corrected chi connectivity index (χ1v) is 5.13. The zero-order valence-electron chi connectivity index (χ0n) is 6.49. The van der Waals surface area contributed by atoms with E-state index in [4.69, 9.17) is 5.73 Å². The van der Waals surface area contributed by atoms with Gasteiger partial charge in [-0.15, -0.1) is 0 Å². The molecule has 0 aliphatic carbocycles. The number of carbonyl (C=O) groups excluding carboxylic acids is 1. The van der Waals surface area contributed by atoms with Crippen molar-refractivity contribution in [1.29, 1.82) is 0 Å². The maximum absolute atomic E-state index is 10.6. The standard InChI is InChI=1S/C9H9NOSe/c1-7(9(10)11)12-8-5-3-2-4-6-8/h2-6H,1H2,(H2,10,11). The van der Waals surface area contributed by atoms with Crippen LogP contribution < -0.4 is 10.2 Å². The van der Waals surface area contributed by atoms with Crippen LogP contribution in [0.4, 0.5) is 0 Å². The van der Waals surface area contributed by atoms with E-state index in [9.17, 15) is 4.79 Å². The van der Waals surface area contributed by atoms with Crippen molar-refractivity contribution in [2.75, 3.05) is 0 Å². The Bertz CT molecular complexity index is 295. The molecule has 0 saturated heterocycles. The Morgan fingerprint density at radius 3 is 2.42 bits per heavy atom. The predicted molar refractivity (Wildman–Crippen MR) is 50.2 cm³/mol. The van der Waals surface area contributed by atoms with Crippen LogP contribution in [-0.2, 0) is 4.79 Å². The number of rotatable bonds is 3. The summed E-state index contributed by atoms with van der Waals surface area (Å²) in [6.45, 7) is 3.60. The van der Waals surface area contributed by atoms with E-state index in [1.807, 2.05) is 30.3 Å². The third-order valence-electron chi connectivity index (χ3n) is 1.26. The van der Waals surface area contributed by atoms with Crippen molar-refractivity contribution >= 4 is 25.3 Å². The van der Waals surface area contributed by atoms with Crippen molar-refractivity contribution < 1.29 is 4.79 Å². The van der Waals surface area contributed by atoms with E-state index < -0.39 is 5.91 Å². The number of hydrogen-bond donors (Lipinski definition) is 1. The van der Waals surface area contributed by atoms with Crippen molar-refractivity contribution in [2.24, 2.45) is 5.73 Å². The van der Waals surface area contributed by atoms with Crippen LogP contribution in [0.2, 0.25) is 0 Å². The molecule has 0 fully saturated rings. The molecule has 1 amide bonds. The quantitative estimate of drug-likeness (QED) is 0.572. The number of nitrogens with two attached hydrogens (primary N) is 1. The van der Waals surface area contributed by atoms with Crippen LogP contribution >= 0.6 is 0 Å². The van der Waals surface area contributed by atoms with Gasteiger partial charge in [-0.25, -0.2) is 0 Å². The van der Waals surface area contributed by atoms with E-state index in [1.54, 1.807) is 0 Å². The average molecular weight is 226 g/mol. The second-order valence-corrected chi connectivity index (χ2v) is 4.65. The van der Waals surface area contributed by atoms with Crippen LogP contribution in [0.5, 0.6) is 0 Å². The Morgan fingerprint density at radius 1 is 1.33 bits per heavy atom. The normalized spacial score (nSPS) is 9.33. The number of hydrogen-bond acceptors (Lipinski definition) is 1. The summed E-state index contributed by atoms with van der Waals surface area (Å²) in [6, 6.07) is 9.74. The van der Waals surface area contributed by atoms with Crippen molar-refractivity contribution in [3.05, 3.63) is 41.4 Å². The topological polar surface area (TPSA) is 43.1 Å². The van der Waals surface area contributed by atoms with Gasteiger partial charge in [-0.3, -0.25) is 0 Å². The van der Waals surface area contributed by atoms with Gasteiger partial charge < -0.3 is 0 Å². The molecule has 0 aliphatic heterocycles. The molecule has 0 aliphatic rings. The number of primary amides is 1. The van der Waals surface area contributed by atoms with Crippen LogP contribution in [0.25, 0.3) is 0 Å². The summed E-state index contributed by atoms with van der Waals surface area (Å²) >= 11 is -0.0207. The van der Waals surface area contributed by atoms with Gasteiger partial charge in [0.1, 0.15) is 0 Å². The summed E-state index contributed by atoms with van der Waals surface area (Å²) in [5.41, 5.74) is 5.06. The van der Waals surface area contributed by atoms with Gasteiger partial charge >= 0.3 is 77.2 Å². The molecular formula is C9H9NOSe. The van der Waals surface area contributed by atoms with E-state index in [-0.39, 0.29) is 15.0 Å². The molecule has 1 rings (SSSR count). The third-order valence-corrected chi connectivity index (χ3v) is 3.26. The molecule has 3 heteroatoms. The van der Waals surface area contributed by atoms with Crippen molar-refractivity contribution in [1.82, 2.24) is 0 Å². The van der Waals surface area contributed by atoms with Gasteiger partial charge in [0.15, 0.2) is 0 Å². The molecule has 2 N–H and O–H groups in total. The van der Waals surface area contributed by atoms with Gasteiger partial charge in [-0.05, 0) is 0 Å². The van der Waals surface area contributed by atoms with Crippen LogP contribution in [0.1, 0.15) is 0 Å². The predicted octanol–water partition coefficient (Wildman–Crippen LogP) is 0.0151. The fourth-order valence-electron chi connectivity index (χ4n) is 0.681. The van der Waals surface area contributed by atoms with Gasteiger partial charge in [0.2, 0.25) is 0 Å². The molecule has 0 radical (unpaired) electrons. The SMILES string of the molecule is C=C([Se]c1ccccc1)C(N)=O. The fourth-order valence-corrected chi connectivity index (χ4v) is 2.10. The molecule has 0 aromatic heterocycles. The van der Waals surface area contributed by atoms with E-state index in [2.05, 4.69) is 6.58 Å². The molecule has 0 spiro atoms. The summed E-state index contributed by atoms with van der Waals surface area (Å²) in [6.07, 6.45) is 0. The summed E-state index contributed by atoms with van der Waals surface area (Å²) in [4.78, 5) is 10.6. The molecule has 0 saturated carbocycles. The van der Waals surface area contributed by atoms with Crippen LogP contribution in [-0.4, -0.2) is 20.9 Å². The van der Waals surface area contributed by atoms with E-state index >= 15 is 0 Å². The number of carbonyl (C=O) groups is 1. The average Bonchev–Trinajstić information content (AvgIpc) is 2.06. The van der Waals surface area contributed by atoms with Crippen LogP contribution in [0.3, 0.4) is 0 Å². The molecule has 2 nitrogen and oxygen atoms in total. The Morgan fingerprint density at radius 2 is 1.92 bits per heavy atom. The first-order chi connectivity index (χ1) is 5.70. The molecular weight excluding hydrogens is 217 g/mol.